The lowest BCUT2D eigenvalue weighted by atomic mass is 10.1. The van der Waals surface area contributed by atoms with E-state index in [9.17, 15) is 24.0 Å². The fourth-order valence-electron chi connectivity index (χ4n) is 2.88. The highest BCUT2D eigenvalue weighted by Crippen LogP contribution is 2.33. The number of H-pyrrole nitrogens is 1. The molecule has 0 bridgehead atoms. The van der Waals surface area contributed by atoms with Crippen LogP contribution < -0.4 is 11.2 Å². The smallest absolute Gasteiger partial charge is 0.330 e. The van der Waals surface area contributed by atoms with Gasteiger partial charge in [-0.3, -0.25) is 28.7 Å². The third-order valence-corrected chi connectivity index (χ3v) is 4.04. The number of carbonyl (C=O) groups excluding carboxylic acids is 3. The van der Waals surface area contributed by atoms with Crippen LogP contribution in [0.4, 0.5) is 0 Å². The first-order valence-corrected chi connectivity index (χ1v) is 8.61. The van der Waals surface area contributed by atoms with E-state index in [0.29, 0.717) is 12.0 Å². The predicted molar refractivity (Wildman–Crippen MR) is 92.4 cm³/mol. The molecule has 1 saturated heterocycles. The number of aromatic nitrogens is 2. The van der Waals surface area contributed by atoms with Gasteiger partial charge < -0.3 is 18.9 Å². The number of rotatable bonds is 6. The average Bonchev–Trinajstić information content (AvgIpc) is 2.89. The Morgan fingerprint density at radius 2 is 1.68 bits per heavy atom. The van der Waals surface area contributed by atoms with E-state index < -0.39 is 53.7 Å². The van der Waals surface area contributed by atoms with Crippen molar-refractivity contribution in [3.05, 3.63) is 32.6 Å². The highest BCUT2D eigenvalue weighted by Gasteiger charge is 2.51. The molecule has 2 rings (SSSR count). The van der Waals surface area contributed by atoms with Crippen LogP contribution in [-0.2, 0) is 39.8 Å². The number of hydrogen-bond donors (Lipinski definition) is 1. The second kappa shape index (κ2) is 8.83. The van der Waals surface area contributed by atoms with E-state index in [-0.39, 0.29) is 6.61 Å². The van der Waals surface area contributed by atoms with Gasteiger partial charge in [0, 0.05) is 32.5 Å². The summed E-state index contributed by atoms with van der Waals surface area (Å²) in [4.78, 5) is 60.6. The minimum absolute atomic E-state index is 0.291. The third-order valence-electron chi connectivity index (χ3n) is 4.04. The number of ether oxygens (including phenoxy) is 4. The van der Waals surface area contributed by atoms with Crippen LogP contribution in [0.25, 0.3) is 0 Å². The zero-order valence-corrected chi connectivity index (χ0v) is 15.9. The molecule has 1 N–H and O–H groups in total. The van der Waals surface area contributed by atoms with Crippen molar-refractivity contribution in [3.63, 3.8) is 0 Å². The Bertz CT molecular complexity index is 872. The van der Waals surface area contributed by atoms with E-state index in [2.05, 4.69) is 4.98 Å². The predicted octanol–water partition coefficient (Wildman–Crippen LogP) is -0.577. The van der Waals surface area contributed by atoms with Gasteiger partial charge in [-0.05, 0) is 6.42 Å². The van der Waals surface area contributed by atoms with E-state index in [4.69, 9.17) is 18.9 Å². The number of aryl methyl sites for hydroxylation is 1. The van der Waals surface area contributed by atoms with Crippen LogP contribution in [0.3, 0.4) is 0 Å². The van der Waals surface area contributed by atoms with Crippen molar-refractivity contribution in [2.24, 2.45) is 0 Å². The summed E-state index contributed by atoms with van der Waals surface area (Å²) in [6, 6.07) is 0. The van der Waals surface area contributed by atoms with Gasteiger partial charge in [0.2, 0.25) is 0 Å². The van der Waals surface area contributed by atoms with Gasteiger partial charge in [-0.1, -0.05) is 6.92 Å². The molecule has 28 heavy (non-hydrogen) atoms. The molecule has 1 aromatic rings. The number of esters is 3. The van der Waals surface area contributed by atoms with E-state index in [0.717, 1.165) is 18.4 Å². The Morgan fingerprint density at radius 1 is 1.07 bits per heavy atom. The third kappa shape index (κ3) is 4.85. The van der Waals surface area contributed by atoms with Gasteiger partial charge in [-0.2, -0.15) is 0 Å². The zero-order chi connectivity index (χ0) is 21.0. The SMILES string of the molecule is CCc1cn(C2OC(COC(C)=O)C(OC(C)=O)C2OC(C)=O)c(=O)[nH]c1=O. The highest BCUT2D eigenvalue weighted by molar-refractivity contribution is 5.68. The van der Waals surface area contributed by atoms with Gasteiger partial charge in [0.05, 0.1) is 0 Å². The summed E-state index contributed by atoms with van der Waals surface area (Å²) in [5.74, 6) is -1.97. The molecule has 4 atom stereocenters. The summed E-state index contributed by atoms with van der Waals surface area (Å²) in [6.45, 7) is 4.93. The summed E-state index contributed by atoms with van der Waals surface area (Å²) >= 11 is 0. The van der Waals surface area contributed by atoms with Gasteiger partial charge in [0.15, 0.2) is 18.4 Å². The first kappa shape index (κ1) is 21.4. The summed E-state index contributed by atoms with van der Waals surface area (Å²) in [5, 5.41) is 0. The second-order valence-corrected chi connectivity index (χ2v) is 6.19. The monoisotopic (exact) mass is 398 g/mol. The molecular weight excluding hydrogens is 376 g/mol. The van der Waals surface area contributed by atoms with E-state index in [1.54, 1.807) is 6.92 Å². The molecule has 0 amide bonds. The lowest BCUT2D eigenvalue weighted by Crippen LogP contribution is -2.42. The molecule has 4 unspecified atom stereocenters. The van der Waals surface area contributed by atoms with Crippen molar-refractivity contribution >= 4 is 17.9 Å². The number of nitrogens with zero attached hydrogens (tertiary/aromatic N) is 1. The minimum atomic E-state index is -1.21. The first-order chi connectivity index (χ1) is 13.1. The molecule has 0 saturated carbocycles. The Balaban J connectivity index is 2.49. The summed E-state index contributed by atoms with van der Waals surface area (Å²) in [5.41, 5.74) is -1.03. The van der Waals surface area contributed by atoms with Crippen molar-refractivity contribution in [2.45, 2.75) is 58.7 Å². The van der Waals surface area contributed by atoms with Gasteiger partial charge in [0.1, 0.15) is 12.7 Å². The van der Waals surface area contributed by atoms with Crippen LogP contribution in [0.2, 0.25) is 0 Å². The Morgan fingerprint density at radius 3 is 2.21 bits per heavy atom. The number of nitrogens with one attached hydrogen (secondary N) is 1. The molecule has 0 spiro atoms. The van der Waals surface area contributed by atoms with E-state index in [1.165, 1.54) is 13.1 Å². The van der Waals surface area contributed by atoms with Crippen LogP contribution in [0.15, 0.2) is 15.8 Å². The summed E-state index contributed by atoms with van der Waals surface area (Å²) in [7, 11) is 0. The van der Waals surface area contributed by atoms with Crippen LogP contribution in [0.5, 0.6) is 0 Å². The van der Waals surface area contributed by atoms with Crippen molar-refractivity contribution in [2.75, 3.05) is 6.61 Å². The fraction of sp³-hybridized carbons (Fsp3) is 0.588. The molecule has 1 aliphatic heterocycles. The highest BCUT2D eigenvalue weighted by atomic mass is 16.7. The molecular formula is C17H22N2O9. The molecule has 11 heteroatoms. The van der Waals surface area contributed by atoms with Crippen LogP contribution in [-0.4, -0.2) is 52.4 Å². The molecule has 0 aliphatic carbocycles. The fourth-order valence-corrected chi connectivity index (χ4v) is 2.88. The number of carbonyl (C=O) groups is 3. The average molecular weight is 398 g/mol. The van der Waals surface area contributed by atoms with Crippen molar-refractivity contribution < 1.29 is 33.3 Å². The maximum absolute atomic E-state index is 12.3. The zero-order valence-electron chi connectivity index (χ0n) is 15.9. The quantitative estimate of drug-likeness (QED) is 0.492. The molecule has 0 aromatic carbocycles. The molecule has 1 aliphatic rings. The van der Waals surface area contributed by atoms with Gasteiger partial charge in [-0.15, -0.1) is 0 Å². The van der Waals surface area contributed by atoms with E-state index in [1.807, 2.05) is 0 Å². The minimum Gasteiger partial charge on any atom is -0.463 e. The van der Waals surface area contributed by atoms with Crippen molar-refractivity contribution in [3.8, 4) is 0 Å². The Labute approximate surface area is 159 Å². The van der Waals surface area contributed by atoms with Crippen LogP contribution in [0, 0.1) is 0 Å². The lowest BCUT2D eigenvalue weighted by Gasteiger charge is -2.24. The van der Waals surface area contributed by atoms with E-state index >= 15 is 0 Å². The molecule has 0 radical (unpaired) electrons. The van der Waals surface area contributed by atoms with Gasteiger partial charge in [0.25, 0.3) is 5.56 Å². The van der Waals surface area contributed by atoms with Crippen molar-refractivity contribution in [1.82, 2.24) is 9.55 Å². The van der Waals surface area contributed by atoms with Crippen LogP contribution >= 0.6 is 0 Å². The topological polar surface area (TPSA) is 143 Å². The molecule has 2 heterocycles. The largest absolute Gasteiger partial charge is 0.463 e. The first-order valence-electron chi connectivity index (χ1n) is 8.61. The van der Waals surface area contributed by atoms with Crippen LogP contribution in [0.1, 0.15) is 39.5 Å². The van der Waals surface area contributed by atoms with Crippen molar-refractivity contribution in [1.29, 1.82) is 0 Å². The Kier molecular flexibility index (Phi) is 6.73. The summed E-state index contributed by atoms with van der Waals surface area (Å²) < 4.78 is 22.2. The summed E-state index contributed by atoms with van der Waals surface area (Å²) in [6.07, 6.45) is -2.90. The lowest BCUT2D eigenvalue weighted by molar-refractivity contribution is -0.166. The molecule has 11 nitrogen and oxygen atoms in total. The van der Waals surface area contributed by atoms with Gasteiger partial charge in [-0.25, -0.2) is 4.79 Å². The normalized spacial score (nSPS) is 23.9. The number of aromatic amines is 1. The molecule has 1 fully saturated rings. The van der Waals surface area contributed by atoms with Gasteiger partial charge >= 0.3 is 23.6 Å². The maximum atomic E-state index is 12.3. The molecule has 1 aromatic heterocycles. The second-order valence-electron chi connectivity index (χ2n) is 6.19. The standard InChI is InChI=1S/C17H22N2O9/c1-5-11-6-19(17(24)18-15(11)23)16-14(27-10(4)22)13(26-9(3)21)12(28-16)7-25-8(2)20/h6,12-14,16H,5,7H2,1-4H3,(H,18,23,24). The Hall–Kier alpha value is -2.95. The number of hydrogen-bond acceptors (Lipinski definition) is 9. The molecule has 154 valence electrons. The maximum Gasteiger partial charge on any atom is 0.330 e.